The van der Waals surface area contributed by atoms with Crippen molar-refractivity contribution in [3.8, 4) is 5.75 Å². The van der Waals surface area contributed by atoms with E-state index in [1.165, 1.54) is 51.5 Å². The normalized spacial score (nSPS) is 11.4. The van der Waals surface area contributed by atoms with Crippen LogP contribution in [0.2, 0.25) is 0 Å². The van der Waals surface area contributed by atoms with Crippen LogP contribution in [-0.4, -0.2) is 49.0 Å². The molecule has 1 N–H and O–H groups in total. The highest BCUT2D eigenvalue weighted by molar-refractivity contribution is 6.06. The highest BCUT2D eigenvalue weighted by Gasteiger charge is 2.22. The largest absolute Gasteiger partial charge is 0.493 e. The van der Waals surface area contributed by atoms with Crippen LogP contribution < -0.4 is 10.1 Å². The SMILES string of the molecule is CCCCCCCCOc1ccccc1C(=O)Nc1ccc(C(=O)CCC[N+](CC)(CC)CCCCC)cc1. The second-order valence-corrected chi connectivity index (χ2v) is 10.8. The van der Waals surface area contributed by atoms with Crippen molar-refractivity contribution in [3.05, 3.63) is 59.7 Å². The molecular weight excluding hydrogens is 484 g/mol. The van der Waals surface area contributed by atoms with Gasteiger partial charge in [0.05, 0.1) is 38.3 Å². The number of nitrogens with zero attached hydrogens (tertiary/aromatic N) is 1. The summed E-state index contributed by atoms with van der Waals surface area (Å²) in [5.41, 5.74) is 1.90. The smallest absolute Gasteiger partial charge is 0.259 e. The Kier molecular flexibility index (Phi) is 15.5. The molecule has 0 saturated carbocycles. The Balaban J connectivity index is 1.85. The lowest BCUT2D eigenvalue weighted by Crippen LogP contribution is -2.49. The molecule has 0 aliphatic carbocycles. The second kappa shape index (κ2) is 18.6. The average molecular weight is 538 g/mol. The van der Waals surface area contributed by atoms with Crippen molar-refractivity contribution in [2.75, 3.05) is 38.1 Å². The first kappa shape index (κ1) is 32.6. The lowest BCUT2D eigenvalue weighted by molar-refractivity contribution is -0.925. The van der Waals surface area contributed by atoms with Gasteiger partial charge in [-0.1, -0.05) is 64.5 Å². The molecule has 0 radical (unpaired) electrons. The molecule has 0 spiro atoms. The van der Waals surface area contributed by atoms with Gasteiger partial charge in [0.25, 0.3) is 5.91 Å². The van der Waals surface area contributed by atoms with Gasteiger partial charge >= 0.3 is 0 Å². The van der Waals surface area contributed by atoms with Crippen molar-refractivity contribution in [2.45, 2.75) is 98.3 Å². The van der Waals surface area contributed by atoms with Crippen molar-refractivity contribution < 1.29 is 18.8 Å². The van der Waals surface area contributed by atoms with E-state index in [1.54, 1.807) is 6.07 Å². The highest BCUT2D eigenvalue weighted by Crippen LogP contribution is 2.21. The molecule has 5 nitrogen and oxygen atoms in total. The van der Waals surface area contributed by atoms with Crippen molar-refractivity contribution in [3.63, 3.8) is 0 Å². The van der Waals surface area contributed by atoms with Crippen LogP contribution in [0.5, 0.6) is 5.75 Å². The van der Waals surface area contributed by atoms with Crippen LogP contribution >= 0.6 is 0 Å². The third kappa shape index (κ3) is 11.5. The van der Waals surface area contributed by atoms with Crippen LogP contribution in [0.15, 0.2) is 48.5 Å². The summed E-state index contributed by atoms with van der Waals surface area (Å²) in [4.78, 5) is 25.8. The number of unbranched alkanes of at least 4 members (excludes halogenated alkanes) is 7. The molecule has 0 atom stereocenters. The third-order valence-electron chi connectivity index (χ3n) is 7.97. The van der Waals surface area contributed by atoms with Gasteiger partial charge in [-0.25, -0.2) is 0 Å². The van der Waals surface area contributed by atoms with E-state index in [-0.39, 0.29) is 11.7 Å². The molecule has 0 heterocycles. The minimum absolute atomic E-state index is 0.167. The molecule has 0 fully saturated rings. The third-order valence-corrected chi connectivity index (χ3v) is 7.97. The van der Waals surface area contributed by atoms with E-state index < -0.39 is 0 Å². The number of hydrogen-bond acceptors (Lipinski definition) is 3. The van der Waals surface area contributed by atoms with Gasteiger partial charge < -0.3 is 14.5 Å². The molecule has 2 rings (SSSR count). The van der Waals surface area contributed by atoms with E-state index in [4.69, 9.17) is 4.74 Å². The number of benzene rings is 2. The fourth-order valence-electron chi connectivity index (χ4n) is 5.17. The topological polar surface area (TPSA) is 55.4 Å². The average Bonchev–Trinajstić information content (AvgIpc) is 2.96. The van der Waals surface area contributed by atoms with Gasteiger partial charge in [0.1, 0.15) is 5.75 Å². The summed E-state index contributed by atoms with van der Waals surface area (Å²) in [5.74, 6) is 0.572. The number of carbonyl (C=O) groups excluding carboxylic acids is 2. The maximum atomic E-state index is 13.0. The number of para-hydroxylation sites is 1. The van der Waals surface area contributed by atoms with E-state index >= 15 is 0 Å². The Morgan fingerprint density at radius 1 is 0.718 bits per heavy atom. The number of quaternary nitrogens is 1. The lowest BCUT2D eigenvalue weighted by Gasteiger charge is -2.37. The quantitative estimate of drug-likeness (QED) is 0.0984. The number of carbonyl (C=O) groups is 2. The van der Waals surface area contributed by atoms with Crippen molar-refractivity contribution in [1.29, 1.82) is 0 Å². The summed E-state index contributed by atoms with van der Waals surface area (Å²) in [6.45, 7) is 14.1. The molecule has 216 valence electrons. The zero-order valence-electron chi connectivity index (χ0n) is 25.1. The summed E-state index contributed by atoms with van der Waals surface area (Å²) in [6.07, 6.45) is 12.4. The Labute approximate surface area is 237 Å². The van der Waals surface area contributed by atoms with Crippen molar-refractivity contribution in [1.82, 2.24) is 0 Å². The summed E-state index contributed by atoms with van der Waals surface area (Å²) in [7, 11) is 0. The number of amides is 1. The second-order valence-electron chi connectivity index (χ2n) is 10.8. The maximum Gasteiger partial charge on any atom is 0.259 e. The van der Waals surface area contributed by atoms with Crippen molar-refractivity contribution >= 4 is 17.4 Å². The van der Waals surface area contributed by atoms with Gasteiger partial charge in [-0.2, -0.15) is 0 Å². The highest BCUT2D eigenvalue weighted by atomic mass is 16.5. The van der Waals surface area contributed by atoms with Gasteiger partial charge in [0.2, 0.25) is 0 Å². The molecule has 5 heteroatoms. The summed E-state index contributed by atoms with van der Waals surface area (Å²) in [6, 6.07) is 14.6. The van der Waals surface area contributed by atoms with E-state index in [2.05, 4.69) is 33.0 Å². The number of ketones is 1. The van der Waals surface area contributed by atoms with E-state index in [9.17, 15) is 9.59 Å². The van der Waals surface area contributed by atoms with Gasteiger partial charge in [-0.3, -0.25) is 9.59 Å². The van der Waals surface area contributed by atoms with E-state index in [0.29, 0.717) is 35.6 Å². The van der Waals surface area contributed by atoms with Crippen molar-refractivity contribution in [2.24, 2.45) is 0 Å². The molecule has 0 unspecified atom stereocenters. The number of anilines is 1. The summed E-state index contributed by atoms with van der Waals surface area (Å²) >= 11 is 0. The number of hydrogen-bond donors (Lipinski definition) is 1. The molecule has 0 saturated heterocycles. The van der Waals surface area contributed by atoms with Crippen LogP contribution in [0.3, 0.4) is 0 Å². The Morgan fingerprint density at radius 3 is 2.03 bits per heavy atom. The maximum absolute atomic E-state index is 13.0. The molecular formula is C34H53N2O3+. The fourth-order valence-corrected chi connectivity index (χ4v) is 5.17. The van der Waals surface area contributed by atoms with Gasteiger partial charge in [0, 0.05) is 24.1 Å². The molecule has 2 aromatic rings. The first-order valence-electron chi connectivity index (χ1n) is 15.5. The number of nitrogens with one attached hydrogen (secondary N) is 1. The van der Waals surface area contributed by atoms with Crippen LogP contribution in [0.25, 0.3) is 0 Å². The summed E-state index contributed by atoms with van der Waals surface area (Å²) < 4.78 is 7.05. The lowest BCUT2D eigenvalue weighted by atomic mass is 10.0. The van der Waals surface area contributed by atoms with Crippen LogP contribution in [0.1, 0.15) is 119 Å². The minimum atomic E-state index is -0.205. The number of Topliss-reactive ketones (excluding diaryl/α,β-unsaturated/α-hetero) is 1. The van der Waals surface area contributed by atoms with Gasteiger partial charge in [0.15, 0.2) is 5.78 Å². The number of ether oxygens (including phenoxy) is 1. The monoisotopic (exact) mass is 537 g/mol. The standard InChI is InChI=1S/C34H52N2O3/c1-5-9-11-12-13-17-28-39-33-21-15-14-19-31(33)34(38)35-30-24-22-29(23-25-30)32(37)20-18-27-36(7-3,8-4)26-16-10-6-2/h14-15,19,21-25H,5-13,16-18,20,26-28H2,1-4H3/p+1. The zero-order valence-corrected chi connectivity index (χ0v) is 25.1. The summed E-state index contributed by atoms with van der Waals surface area (Å²) in [5, 5.41) is 2.96. The van der Waals surface area contributed by atoms with Crippen LogP contribution in [0, 0.1) is 0 Å². The molecule has 1 amide bonds. The van der Waals surface area contributed by atoms with Crippen LogP contribution in [-0.2, 0) is 0 Å². The molecule has 2 aromatic carbocycles. The van der Waals surface area contributed by atoms with Crippen LogP contribution in [0.4, 0.5) is 5.69 Å². The van der Waals surface area contributed by atoms with Gasteiger partial charge in [-0.15, -0.1) is 0 Å². The predicted molar refractivity (Wildman–Crippen MR) is 164 cm³/mol. The first-order chi connectivity index (χ1) is 19.0. The first-order valence-corrected chi connectivity index (χ1v) is 15.5. The molecule has 39 heavy (non-hydrogen) atoms. The fraction of sp³-hybridized carbons (Fsp3) is 0.588. The molecule has 0 aliphatic heterocycles. The Morgan fingerprint density at radius 2 is 1.33 bits per heavy atom. The van der Waals surface area contributed by atoms with E-state index in [1.807, 2.05) is 42.5 Å². The molecule has 0 bridgehead atoms. The zero-order chi connectivity index (χ0) is 28.3. The Hall–Kier alpha value is -2.66. The Bertz CT molecular complexity index is 967. The predicted octanol–water partition coefficient (Wildman–Crippen LogP) is 8.69. The van der Waals surface area contributed by atoms with Gasteiger partial charge in [-0.05, 0) is 69.5 Å². The number of rotatable bonds is 21. The van der Waals surface area contributed by atoms with E-state index in [0.717, 1.165) is 43.4 Å². The molecule has 0 aromatic heterocycles. The molecule has 0 aliphatic rings. The minimum Gasteiger partial charge on any atom is -0.493 e.